The first-order chi connectivity index (χ1) is 11.7. The predicted molar refractivity (Wildman–Crippen MR) is 96.9 cm³/mol. The first kappa shape index (κ1) is 17.4. The van der Waals surface area contributed by atoms with Crippen molar-refractivity contribution in [2.24, 2.45) is 0 Å². The molecule has 0 unspecified atom stereocenters. The third-order valence-electron chi connectivity index (χ3n) is 3.45. The average molecular weight is 329 g/mol. The molecule has 0 saturated carbocycles. The Morgan fingerprint density at radius 2 is 1.83 bits per heavy atom. The van der Waals surface area contributed by atoms with Crippen LogP contribution in [0.15, 0.2) is 37.2 Å². The van der Waals surface area contributed by atoms with Gasteiger partial charge in [-0.15, -0.1) is 6.58 Å². The lowest BCUT2D eigenvalue weighted by atomic mass is 10.1. The predicted octanol–water partition coefficient (Wildman–Crippen LogP) is 2.33. The second kappa shape index (κ2) is 8.61. The van der Waals surface area contributed by atoms with Gasteiger partial charge in [0.25, 0.3) is 0 Å². The lowest BCUT2D eigenvalue weighted by Gasteiger charge is -2.12. The van der Waals surface area contributed by atoms with Crippen molar-refractivity contribution < 1.29 is 9.47 Å². The van der Waals surface area contributed by atoms with Gasteiger partial charge in [-0.25, -0.2) is 9.97 Å². The number of benzene rings is 1. The molecule has 0 atom stereocenters. The molecule has 24 heavy (non-hydrogen) atoms. The van der Waals surface area contributed by atoms with E-state index in [0.29, 0.717) is 41.9 Å². The van der Waals surface area contributed by atoms with Crippen LogP contribution in [0.1, 0.15) is 5.56 Å². The molecule has 1 aromatic heterocycles. The summed E-state index contributed by atoms with van der Waals surface area (Å²) < 4.78 is 10.5. The molecule has 0 saturated heterocycles. The van der Waals surface area contributed by atoms with E-state index in [-0.39, 0.29) is 0 Å². The van der Waals surface area contributed by atoms with Crippen LogP contribution >= 0.6 is 0 Å². The van der Waals surface area contributed by atoms with Crippen LogP contribution in [0.5, 0.6) is 11.5 Å². The molecule has 2 aromatic rings. The molecule has 0 radical (unpaired) electrons. The number of nitrogens with zero attached hydrogens (tertiary/aromatic N) is 2. The summed E-state index contributed by atoms with van der Waals surface area (Å²) in [6.07, 6.45) is 4.01. The van der Waals surface area contributed by atoms with Crippen molar-refractivity contribution in [1.82, 2.24) is 9.97 Å². The second-order valence-corrected chi connectivity index (χ2v) is 5.02. The number of anilines is 3. The van der Waals surface area contributed by atoms with Gasteiger partial charge in [0, 0.05) is 13.1 Å². The largest absolute Gasteiger partial charge is 0.493 e. The Hall–Kier alpha value is -2.96. The maximum atomic E-state index is 6.07. The molecule has 1 aromatic carbocycles. The molecule has 2 rings (SSSR count). The Kier molecular flexibility index (Phi) is 6.24. The van der Waals surface area contributed by atoms with Crippen LogP contribution in [0.25, 0.3) is 0 Å². The van der Waals surface area contributed by atoms with Crippen LogP contribution in [0.4, 0.5) is 17.3 Å². The number of nitrogen functional groups attached to an aromatic ring is 1. The summed E-state index contributed by atoms with van der Waals surface area (Å²) in [6, 6.07) is 5.86. The molecule has 7 heteroatoms. The van der Waals surface area contributed by atoms with Gasteiger partial charge >= 0.3 is 0 Å². The van der Waals surface area contributed by atoms with E-state index in [4.69, 9.17) is 15.2 Å². The Labute approximate surface area is 141 Å². The number of aromatic nitrogens is 2. The highest BCUT2D eigenvalue weighted by Crippen LogP contribution is 2.28. The van der Waals surface area contributed by atoms with E-state index < -0.39 is 0 Å². The summed E-state index contributed by atoms with van der Waals surface area (Å²) in [5.41, 5.74) is 7.68. The zero-order chi connectivity index (χ0) is 17.4. The van der Waals surface area contributed by atoms with Gasteiger partial charge in [-0.2, -0.15) is 0 Å². The van der Waals surface area contributed by atoms with Gasteiger partial charge < -0.3 is 25.8 Å². The maximum Gasteiger partial charge on any atom is 0.160 e. The Morgan fingerprint density at radius 3 is 2.50 bits per heavy atom. The maximum absolute atomic E-state index is 6.07. The quantitative estimate of drug-likeness (QED) is 0.608. The standard InChI is InChI=1S/C17H23N5O2/c1-4-8-19-16-15(18)17(22-11-21-16)20-9-7-12-5-6-13(23-2)14(10-12)24-3/h4-6,10-11H,1,7-9,18H2,2-3H3,(H2,19,20,21,22). The zero-order valence-electron chi connectivity index (χ0n) is 14.0. The Morgan fingerprint density at radius 1 is 1.12 bits per heavy atom. The number of ether oxygens (including phenoxy) is 2. The fourth-order valence-corrected chi connectivity index (χ4v) is 2.21. The molecule has 0 spiro atoms. The lowest BCUT2D eigenvalue weighted by Crippen LogP contribution is -2.12. The Balaban J connectivity index is 1.98. The highest BCUT2D eigenvalue weighted by atomic mass is 16.5. The highest BCUT2D eigenvalue weighted by molar-refractivity contribution is 5.74. The van der Waals surface area contributed by atoms with Gasteiger partial charge in [0.05, 0.1) is 14.2 Å². The van der Waals surface area contributed by atoms with Crippen molar-refractivity contribution in [2.45, 2.75) is 6.42 Å². The second-order valence-electron chi connectivity index (χ2n) is 5.02. The van der Waals surface area contributed by atoms with Gasteiger partial charge in [0.1, 0.15) is 12.0 Å². The molecule has 0 amide bonds. The normalized spacial score (nSPS) is 10.1. The van der Waals surface area contributed by atoms with E-state index >= 15 is 0 Å². The van der Waals surface area contributed by atoms with Crippen molar-refractivity contribution in [1.29, 1.82) is 0 Å². The lowest BCUT2D eigenvalue weighted by molar-refractivity contribution is 0.354. The van der Waals surface area contributed by atoms with E-state index in [2.05, 4.69) is 27.2 Å². The summed E-state index contributed by atoms with van der Waals surface area (Å²) >= 11 is 0. The number of hydrogen-bond acceptors (Lipinski definition) is 7. The molecular weight excluding hydrogens is 306 g/mol. The highest BCUT2D eigenvalue weighted by Gasteiger charge is 2.08. The number of nitrogens with one attached hydrogen (secondary N) is 2. The number of methoxy groups -OCH3 is 2. The molecule has 7 nitrogen and oxygen atoms in total. The van der Waals surface area contributed by atoms with E-state index in [1.165, 1.54) is 6.33 Å². The smallest absolute Gasteiger partial charge is 0.160 e. The van der Waals surface area contributed by atoms with Gasteiger partial charge in [-0.3, -0.25) is 0 Å². The van der Waals surface area contributed by atoms with Crippen LogP contribution in [0.3, 0.4) is 0 Å². The van der Waals surface area contributed by atoms with Gasteiger partial charge in [0.15, 0.2) is 23.1 Å². The number of hydrogen-bond donors (Lipinski definition) is 3. The molecule has 128 valence electrons. The van der Waals surface area contributed by atoms with E-state index in [1.54, 1.807) is 20.3 Å². The molecule has 4 N–H and O–H groups in total. The third-order valence-corrected chi connectivity index (χ3v) is 3.45. The van der Waals surface area contributed by atoms with Gasteiger partial charge in [0.2, 0.25) is 0 Å². The third kappa shape index (κ3) is 4.28. The summed E-state index contributed by atoms with van der Waals surface area (Å²) in [4.78, 5) is 8.30. The zero-order valence-corrected chi connectivity index (χ0v) is 14.0. The fraction of sp³-hybridized carbons (Fsp3) is 0.294. The summed E-state index contributed by atoms with van der Waals surface area (Å²) in [5.74, 6) is 2.63. The van der Waals surface area contributed by atoms with Crippen molar-refractivity contribution in [3.05, 3.63) is 42.7 Å². The molecule has 0 bridgehead atoms. The fourth-order valence-electron chi connectivity index (χ4n) is 2.21. The molecule has 0 aliphatic carbocycles. The van der Waals surface area contributed by atoms with Crippen LogP contribution in [-0.2, 0) is 6.42 Å². The van der Waals surface area contributed by atoms with Crippen molar-refractivity contribution in [3.63, 3.8) is 0 Å². The van der Waals surface area contributed by atoms with E-state index in [9.17, 15) is 0 Å². The molecule has 0 aliphatic rings. The average Bonchev–Trinajstić information content (AvgIpc) is 2.62. The van der Waals surface area contributed by atoms with Gasteiger partial charge in [-0.1, -0.05) is 12.1 Å². The SMILES string of the molecule is C=CCNc1ncnc(NCCc2ccc(OC)c(OC)c2)c1N. The Bertz CT molecular complexity index is 691. The minimum absolute atomic E-state index is 0.492. The summed E-state index contributed by atoms with van der Waals surface area (Å²) in [5, 5.41) is 6.30. The van der Waals surface area contributed by atoms with Crippen LogP contribution in [-0.4, -0.2) is 37.3 Å². The molecule has 0 aliphatic heterocycles. The molecule has 1 heterocycles. The van der Waals surface area contributed by atoms with Crippen LogP contribution in [0, 0.1) is 0 Å². The van der Waals surface area contributed by atoms with Crippen molar-refractivity contribution >= 4 is 17.3 Å². The molecule has 0 fully saturated rings. The first-order valence-corrected chi connectivity index (χ1v) is 7.59. The van der Waals surface area contributed by atoms with Crippen LogP contribution in [0.2, 0.25) is 0 Å². The minimum atomic E-state index is 0.492. The van der Waals surface area contributed by atoms with Gasteiger partial charge in [-0.05, 0) is 24.1 Å². The molecular formula is C17H23N5O2. The van der Waals surface area contributed by atoms with E-state index in [0.717, 1.165) is 12.0 Å². The monoisotopic (exact) mass is 329 g/mol. The topological polar surface area (TPSA) is 94.3 Å². The van der Waals surface area contributed by atoms with Crippen molar-refractivity contribution in [3.8, 4) is 11.5 Å². The van der Waals surface area contributed by atoms with Crippen LogP contribution < -0.4 is 25.8 Å². The summed E-state index contributed by atoms with van der Waals surface area (Å²) in [6.45, 7) is 4.92. The summed E-state index contributed by atoms with van der Waals surface area (Å²) in [7, 11) is 3.24. The van der Waals surface area contributed by atoms with Crippen molar-refractivity contribution in [2.75, 3.05) is 43.7 Å². The number of nitrogens with two attached hydrogens (primary N) is 1. The first-order valence-electron chi connectivity index (χ1n) is 7.59. The number of rotatable bonds is 9. The van der Waals surface area contributed by atoms with E-state index in [1.807, 2.05) is 18.2 Å². The minimum Gasteiger partial charge on any atom is -0.493 e.